The Balaban J connectivity index is 1.88. The van der Waals surface area contributed by atoms with Gasteiger partial charge in [0, 0.05) is 13.1 Å². The molecule has 2 atom stereocenters. The summed E-state index contributed by atoms with van der Waals surface area (Å²) in [4.78, 5) is 2.34. The van der Waals surface area contributed by atoms with E-state index in [0.29, 0.717) is 12.0 Å². The van der Waals surface area contributed by atoms with Gasteiger partial charge in [-0.1, -0.05) is 26.2 Å². The van der Waals surface area contributed by atoms with E-state index in [1.54, 1.807) is 0 Å². The van der Waals surface area contributed by atoms with Crippen LogP contribution in [0.15, 0.2) is 0 Å². The first kappa shape index (κ1) is 14.3. The van der Waals surface area contributed by atoms with Crippen LogP contribution in [0.4, 0.5) is 0 Å². The highest BCUT2D eigenvalue weighted by Crippen LogP contribution is 2.33. The lowest BCUT2D eigenvalue weighted by Crippen LogP contribution is -2.56. The molecule has 0 aromatic rings. The predicted molar refractivity (Wildman–Crippen MR) is 74.1 cm³/mol. The number of ether oxygens (including phenoxy) is 1. The maximum absolute atomic E-state index is 5.92. The van der Waals surface area contributed by atoms with E-state index in [2.05, 4.69) is 24.3 Å². The van der Waals surface area contributed by atoms with Crippen molar-refractivity contribution in [2.24, 2.45) is 17.7 Å². The number of morpholine rings is 1. The molecule has 2 aliphatic rings. The van der Waals surface area contributed by atoms with Gasteiger partial charge in [-0.25, -0.2) is 0 Å². The van der Waals surface area contributed by atoms with Gasteiger partial charge in [0.05, 0.1) is 18.8 Å². The van der Waals surface area contributed by atoms with Crippen LogP contribution in [0.2, 0.25) is 0 Å². The Morgan fingerprint density at radius 2 is 2.06 bits per heavy atom. The van der Waals surface area contributed by atoms with Crippen molar-refractivity contribution in [2.75, 3.05) is 26.7 Å². The van der Waals surface area contributed by atoms with Gasteiger partial charge in [0.25, 0.3) is 0 Å². The van der Waals surface area contributed by atoms with Crippen LogP contribution < -0.4 is 11.3 Å². The molecule has 1 aliphatic heterocycles. The van der Waals surface area contributed by atoms with E-state index in [1.807, 2.05) is 0 Å². The van der Waals surface area contributed by atoms with Gasteiger partial charge >= 0.3 is 0 Å². The normalized spacial score (nSPS) is 36.5. The maximum Gasteiger partial charge on any atom is 0.0871 e. The number of rotatable bonds is 4. The van der Waals surface area contributed by atoms with Crippen LogP contribution >= 0.6 is 0 Å². The van der Waals surface area contributed by atoms with Crippen LogP contribution in [0.5, 0.6) is 0 Å². The molecular weight excluding hydrogens is 226 g/mol. The summed E-state index contributed by atoms with van der Waals surface area (Å²) in [6, 6.07) is 0.325. The lowest BCUT2D eigenvalue weighted by Gasteiger charge is -2.40. The van der Waals surface area contributed by atoms with Crippen molar-refractivity contribution in [2.45, 2.75) is 51.2 Å². The largest absolute Gasteiger partial charge is 0.374 e. The molecule has 1 saturated heterocycles. The fourth-order valence-electron chi connectivity index (χ4n) is 3.53. The Bertz CT molecular complexity index is 241. The Morgan fingerprint density at radius 3 is 2.61 bits per heavy atom. The Morgan fingerprint density at radius 1 is 1.33 bits per heavy atom. The highest BCUT2D eigenvalue weighted by Gasteiger charge is 2.34. The van der Waals surface area contributed by atoms with E-state index in [4.69, 9.17) is 10.6 Å². The summed E-state index contributed by atoms with van der Waals surface area (Å²) in [5, 5.41) is 0. The Kier molecular flexibility index (Phi) is 5.42. The second kappa shape index (κ2) is 6.85. The van der Waals surface area contributed by atoms with Crippen LogP contribution in [0.25, 0.3) is 0 Å². The number of nitrogens with two attached hydrogens (primary N) is 1. The summed E-state index contributed by atoms with van der Waals surface area (Å²) in [5.74, 6) is 7.43. The van der Waals surface area contributed by atoms with Crippen molar-refractivity contribution >= 4 is 0 Å². The monoisotopic (exact) mass is 255 g/mol. The van der Waals surface area contributed by atoms with Crippen molar-refractivity contribution in [3.63, 3.8) is 0 Å². The Hall–Kier alpha value is -0.160. The maximum atomic E-state index is 5.92. The average molecular weight is 255 g/mol. The van der Waals surface area contributed by atoms with Gasteiger partial charge < -0.3 is 9.64 Å². The van der Waals surface area contributed by atoms with Gasteiger partial charge in [0.15, 0.2) is 0 Å². The van der Waals surface area contributed by atoms with Crippen molar-refractivity contribution < 1.29 is 4.74 Å². The molecule has 2 unspecified atom stereocenters. The summed E-state index contributed by atoms with van der Waals surface area (Å²) >= 11 is 0. The van der Waals surface area contributed by atoms with E-state index in [9.17, 15) is 0 Å². The number of hydrogen-bond donors (Lipinski definition) is 2. The lowest BCUT2D eigenvalue weighted by atomic mass is 9.76. The third-order valence-electron chi connectivity index (χ3n) is 4.87. The number of nitrogens with zero attached hydrogens (tertiary/aromatic N) is 1. The zero-order valence-electron chi connectivity index (χ0n) is 11.9. The smallest absolute Gasteiger partial charge is 0.0871 e. The fraction of sp³-hybridized carbons (Fsp3) is 1.00. The molecule has 0 bridgehead atoms. The summed E-state index contributed by atoms with van der Waals surface area (Å²) in [7, 11) is 2.16. The molecule has 0 aromatic heterocycles. The molecule has 0 aromatic carbocycles. The summed E-state index contributed by atoms with van der Waals surface area (Å²) in [6.07, 6.45) is 6.92. The molecule has 4 nitrogen and oxygen atoms in total. The minimum absolute atomic E-state index is 0.261. The van der Waals surface area contributed by atoms with Crippen LogP contribution in [0.3, 0.4) is 0 Å². The third-order valence-corrected chi connectivity index (χ3v) is 4.87. The van der Waals surface area contributed by atoms with E-state index >= 15 is 0 Å². The molecule has 18 heavy (non-hydrogen) atoms. The van der Waals surface area contributed by atoms with Crippen molar-refractivity contribution in [1.29, 1.82) is 0 Å². The average Bonchev–Trinajstić information content (AvgIpc) is 2.40. The number of hydrazine groups is 1. The molecule has 1 heterocycles. The van der Waals surface area contributed by atoms with Gasteiger partial charge in [-0.3, -0.25) is 11.3 Å². The van der Waals surface area contributed by atoms with Crippen molar-refractivity contribution in [3.8, 4) is 0 Å². The first-order valence-corrected chi connectivity index (χ1v) is 7.50. The van der Waals surface area contributed by atoms with Crippen LogP contribution in [0, 0.1) is 11.8 Å². The van der Waals surface area contributed by atoms with Gasteiger partial charge in [0.1, 0.15) is 0 Å². The highest BCUT2D eigenvalue weighted by molar-refractivity contribution is 4.88. The van der Waals surface area contributed by atoms with Gasteiger partial charge in [-0.05, 0) is 31.7 Å². The molecule has 0 amide bonds. The van der Waals surface area contributed by atoms with Crippen LogP contribution in [-0.2, 0) is 4.74 Å². The topological polar surface area (TPSA) is 50.5 Å². The van der Waals surface area contributed by atoms with Crippen LogP contribution in [0.1, 0.15) is 39.0 Å². The molecule has 3 N–H and O–H groups in total. The molecule has 0 spiro atoms. The van der Waals surface area contributed by atoms with Gasteiger partial charge in [-0.15, -0.1) is 0 Å². The van der Waals surface area contributed by atoms with Crippen molar-refractivity contribution in [1.82, 2.24) is 10.3 Å². The minimum atomic E-state index is 0.261. The zero-order valence-corrected chi connectivity index (χ0v) is 11.9. The molecule has 2 fully saturated rings. The van der Waals surface area contributed by atoms with Crippen molar-refractivity contribution in [3.05, 3.63) is 0 Å². The van der Waals surface area contributed by atoms with Gasteiger partial charge in [0.2, 0.25) is 0 Å². The second-order valence-electron chi connectivity index (χ2n) is 6.05. The molecular formula is C14H29N3O. The minimum Gasteiger partial charge on any atom is -0.374 e. The summed E-state index contributed by atoms with van der Waals surface area (Å²) < 4.78 is 5.92. The second-order valence-corrected chi connectivity index (χ2v) is 6.05. The number of likely N-dealkylation sites (N-methyl/N-ethyl adjacent to an activating group) is 1. The molecule has 106 valence electrons. The first-order chi connectivity index (χ1) is 8.74. The standard InChI is InChI=1S/C14H29N3O/c1-3-11-4-6-12(7-5-11)14(16-15)13-10-17(2)8-9-18-13/h11-14,16H,3-10,15H2,1-2H3. The van der Waals surface area contributed by atoms with E-state index in [0.717, 1.165) is 25.6 Å². The molecule has 2 rings (SSSR count). The van der Waals surface area contributed by atoms with E-state index in [1.165, 1.54) is 32.1 Å². The van der Waals surface area contributed by atoms with Crippen LogP contribution in [-0.4, -0.2) is 43.8 Å². The molecule has 1 saturated carbocycles. The molecule has 0 radical (unpaired) electrons. The number of hydrogen-bond acceptors (Lipinski definition) is 4. The SMILES string of the molecule is CCC1CCC(C(NN)C2CN(C)CCO2)CC1. The molecule has 1 aliphatic carbocycles. The fourth-order valence-corrected chi connectivity index (χ4v) is 3.53. The highest BCUT2D eigenvalue weighted by atomic mass is 16.5. The molecule has 4 heteroatoms. The predicted octanol–water partition coefficient (Wildman–Crippen LogP) is 1.37. The zero-order chi connectivity index (χ0) is 13.0. The third kappa shape index (κ3) is 3.44. The Labute approximate surface area is 111 Å². The quantitative estimate of drug-likeness (QED) is 0.588. The van der Waals surface area contributed by atoms with Gasteiger partial charge in [-0.2, -0.15) is 0 Å². The first-order valence-electron chi connectivity index (χ1n) is 7.50. The summed E-state index contributed by atoms with van der Waals surface area (Å²) in [6.45, 7) is 5.19. The number of nitrogens with one attached hydrogen (secondary N) is 1. The summed E-state index contributed by atoms with van der Waals surface area (Å²) in [5.41, 5.74) is 3.04. The van der Waals surface area contributed by atoms with E-state index in [-0.39, 0.29) is 6.10 Å². The lowest BCUT2D eigenvalue weighted by molar-refractivity contribution is -0.0536. The van der Waals surface area contributed by atoms with E-state index < -0.39 is 0 Å².